The van der Waals surface area contributed by atoms with Gasteiger partial charge >= 0.3 is 0 Å². The number of pyridine rings is 1. The van der Waals surface area contributed by atoms with E-state index < -0.39 is 0 Å². The largest absolute Gasteiger partial charge is 0.384 e. The predicted molar refractivity (Wildman–Crippen MR) is 64.6 cm³/mol. The van der Waals surface area contributed by atoms with Crippen LogP contribution in [0.5, 0.6) is 0 Å². The van der Waals surface area contributed by atoms with Crippen LogP contribution < -0.4 is 11.1 Å². The van der Waals surface area contributed by atoms with E-state index in [1.54, 1.807) is 0 Å². The second-order valence-corrected chi connectivity index (χ2v) is 4.85. The topological polar surface area (TPSA) is 50.9 Å². The van der Waals surface area contributed by atoms with Gasteiger partial charge in [-0.2, -0.15) is 0 Å². The minimum absolute atomic E-state index is 0.129. The summed E-state index contributed by atoms with van der Waals surface area (Å²) in [5.41, 5.74) is 8.12. The molecule has 1 aromatic heterocycles. The van der Waals surface area contributed by atoms with Gasteiger partial charge in [0.2, 0.25) is 0 Å². The Morgan fingerprint density at radius 2 is 2.00 bits per heavy atom. The minimum Gasteiger partial charge on any atom is -0.384 e. The first-order valence-corrected chi connectivity index (χ1v) is 5.41. The Labute approximate surface area is 92.1 Å². The molecule has 1 rings (SSSR count). The van der Waals surface area contributed by atoms with Crippen LogP contribution in [-0.4, -0.2) is 10.5 Å². The van der Waals surface area contributed by atoms with Crippen LogP contribution in [0.1, 0.15) is 39.0 Å². The lowest BCUT2D eigenvalue weighted by Gasteiger charge is -2.20. The van der Waals surface area contributed by atoms with E-state index in [1.807, 2.05) is 6.07 Å². The van der Waals surface area contributed by atoms with Crippen molar-refractivity contribution in [2.75, 3.05) is 5.73 Å². The number of aryl methyl sites for hydroxylation is 1. The van der Waals surface area contributed by atoms with Crippen molar-refractivity contribution >= 4 is 5.82 Å². The van der Waals surface area contributed by atoms with Crippen LogP contribution in [0.25, 0.3) is 0 Å². The molecule has 0 aliphatic carbocycles. The predicted octanol–water partition coefficient (Wildman–Crippen LogP) is 2.11. The molecule has 1 heterocycles. The number of nitrogens with zero attached hydrogens (tertiary/aromatic N) is 1. The zero-order chi connectivity index (χ0) is 11.5. The van der Waals surface area contributed by atoms with Gasteiger partial charge in [0.25, 0.3) is 0 Å². The molecule has 0 radical (unpaired) electrons. The molecule has 0 aromatic carbocycles. The fourth-order valence-corrected chi connectivity index (χ4v) is 1.33. The second-order valence-electron chi connectivity index (χ2n) is 4.85. The lowest BCUT2D eigenvalue weighted by molar-refractivity contribution is 0.424. The summed E-state index contributed by atoms with van der Waals surface area (Å²) in [5, 5.41) is 3.43. The van der Waals surface area contributed by atoms with E-state index in [-0.39, 0.29) is 5.54 Å². The third kappa shape index (κ3) is 4.30. The second kappa shape index (κ2) is 4.62. The molecule has 0 unspecified atom stereocenters. The summed E-state index contributed by atoms with van der Waals surface area (Å²) in [7, 11) is 0. The van der Waals surface area contributed by atoms with Crippen molar-refractivity contribution < 1.29 is 0 Å². The summed E-state index contributed by atoms with van der Waals surface area (Å²) in [5.74, 6) is 0.611. The van der Waals surface area contributed by atoms with Crippen molar-refractivity contribution in [3.05, 3.63) is 23.4 Å². The molecule has 0 saturated heterocycles. The Morgan fingerprint density at radius 1 is 1.33 bits per heavy atom. The van der Waals surface area contributed by atoms with E-state index in [4.69, 9.17) is 5.73 Å². The number of aromatic nitrogens is 1. The van der Waals surface area contributed by atoms with Crippen LogP contribution in [0.15, 0.2) is 12.1 Å². The van der Waals surface area contributed by atoms with E-state index in [9.17, 15) is 0 Å². The molecule has 3 nitrogen and oxygen atoms in total. The number of hydrogen-bond donors (Lipinski definition) is 2. The van der Waals surface area contributed by atoms with E-state index >= 15 is 0 Å². The highest BCUT2D eigenvalue weighted by Crippen LogP contribution is 2.10. The van der Waals surface area contributed by atoms with Gasteiger partial charge in [-0.05, 0) is 44.9 Å². The standard InChI is InChI=1S/C12H21N3/c1-5-10-6-9(7-11(13)15-10)8-14-12(2,3)4/h6-7,14H,5,8H2,1-4H3,(H2,13,15). The molecule has 84 valence electrons. The van der Waals surface area contributed by atoms with Gasteiger partial charge in [0.1, 0.15) is 5.82 Å². The van der Waals surface area contributed by atoms with Gasteiger partial charge in [-0.15, -0.1) is 0 Å². The number of nitrogen functional groups attached to an aromatic ring is 1. The molecule has 1 aromatic rings. The van der Waals surface area contributed by atoms with Crippen molar-refractivity contribution in [1.29, 1.82) is 0 Å². The quantitative estimate of drug-likeness (QED) is 0.798. The molecule has 3 N–H and O–H groups in total. The smallest absolute Gasteiger partial charge is 0.123 e. The molecule has 0 atom stereocenters. The number of nitrogens with two attached hydrogens (primary N) is 1. The Balaban J connectivity index is 2.73. The van der Waals surface area contributed by atoms with Crippen LogP contribution in [0.3, 0.4) is 0 Å². The monoisotopic (exact) mass is 207 g/mol. The first kappa shape index (κ1) is 12.0. The third-order valence-corrected chi connectivity index (χ3v) is 2.14. The Bertz CT molecular complexity index is 326. The summed E-state index contributed by atoms with van der Waals surface area (Å²) in [6.45, 7) is 9.38. The molecule has 0 aliphatic heterocycles. The average molecular weight is 207 g/mol. The fraction of sp³-hybridized carbons (Fsp3) is 0.583. The van der Waals surface area contributed by atoms with Gasteiger partial charge < -0.3 is 11.1 Å². The Morgan fingerprint density at radius 3 is 2.53 bits per heavy atom. The van der Waals surface area contributed by atoms with Gasteiger partial charge in [0.05, 0.1) is 0 Å². The molecule has 3 heteroatoms. The third-order valence-electron chi connectivity index (χ3n) is 2.14. The first-order valence-electron chi connectivity index (χ1n) is 5.41. The van der Waals surface area contributed by atoms with E-state index in [1.165, 1.54) is 5.56 Å². The number of anilines is 1. The summed E-state index contributed by atoms with van der Waals surface area (Å²) >= 11 is 0. The number of hydrogen-bond acceptors (Lipinski definition) is 3. The maximum absolute atomic E-state index is 5.74. The van der Waals surface area contributed by atoms with Gasteiger partial charge in [-0.3, -0.25) is 0 Å². The van der Waals surface area contributed by atoms with Crippen LogP contribution in [0, 0.1) is 0 Å². The Kier molecular flexibility index (Phi) is 3.69. The lowest BCUT2D eigenvalue weighted by Crippen LogP contribution is -2.35. The molecule has 0 aliphatic rings. The van der Waals surface area contributed by atoms with E-state index in [0.717, 1.165) is 18.7 Å². The summed E-state index contributed by atoms with van der Waals surface area (Å²) < 4.78 is 0. The number of nitrogens with one attached hydrogen (secondary N) is 1. The van der Waals surface area contributed by atoms with Crippen LogP contribution in [0.2, 0.25) is 0 Å². The van der Waals surface area contributed by atoms with Crippen molar-refractivity contribution in [3.63, 3.8) is 0 Å². The molecule has 0 bridgehead atoms. The normalized spacial score (nSPS) is 11.7. The zero-order valence-corrected chi connectivity index (χ0v) is 10.1. The first-order chi connectivity index (χ1) is 6.90. The molecular formula is C12H21N3. The summed E-state index contributed by atoms with van der Waals surface area (Å²) in [6.07, 6.45) is 0.924. The molecule has 0 amide bonds. The van der Waals surface area contributed by atoms with Crippen molar-refractivity contribution in [1.82, 2.24) is 10.3 Å². The number of rotatable bonds is 3. The molecule has 15 heavy (non-hydrogen) atoms. The average Bonchev–Trinajstić information content (AvgIpc) is 2.13. The van der Waals surface area contributed by atoms with Crippen LogP contribution >= 0.6 is 0 Å². The SMILES string of the molecule is CCc1cc(CNC(C)(C)C)cc(N)n1. The minimum atomic E-state index is 0.129. The highest BCUT2D eigenvalue weighted by atomic mass is 14.9. The highest BCUT2D eigenvalue weighted by molar-refractivity contribution is 5.35. The van der Waals surface area contributed by atoms with E-state index in [0.29, 0.717) is 5.82 Å². The van der Waals surface area contributed by atoms with Crippen LogP contribution in [-0.2, 0) is 13.0 Å². The van der Waals surface area contributed by atoms with Gasteiger partial charge in [0, 0.05) is 17.8 Å². The summed E-state index contributed by atoms with van der Waals surface area (Å²) in [4.78, 5) is 4.25. The van der Waals surface area contributed by atoms with Crippen LogP contribution in [0.4, 0.5) is 5.82 Å². The van der Waals surface area contributed by atoms with Gasteiger partial charge in [-0.1, -0.05) is 6.92 Å². The lowest BCUT2D eigenvalue weighted by atomic mass is 10.1. The van der Waals surface area contributed by atoms with Crippen molar-refractivity contribution in [3.8, 4) is 0 Å². The highest BCUT2D eigenvalue weighted by Gasteiger charge is 2.08. The zero-order valence-electron chi connectivity index (χ0n) is 10.1. The Hall–Kier alpha value is -1.09. The maximum atomic E-state index is 5.74. The van der Waals surface area contributed by atoms with Gasteiger partial charge in [0.15, 0.2) is 0 Å². The summed E-state index contributed by atoms with van der Waals surface area (Å²) in [6, 6.07) is 4.03. The van der Waals surface area contributed by atoms with Gasteiger partial charge in [-0.25, -0.2) is 4.98 Å². The van der Waals surface area contributed by atoms with Crippen molar-refractivity contribution in [2.45, 2.75) is 46.2 Å². The van der Waals surface area contributed by atoms with Crippen molar-refractivity contribution in [2.24, 2.45) is 0 Å². The molecule has 0 saturated carbocycles. The van der Waals surface area contributed by atoms with E-state index in [2.05, 4.69) is 44.1 Å². The molecule has 0 fully saturated rings. The molecular weight excluding hydrogens is 186 g/mol. The fourth-order valence-electron chi connectivity index (χ4n) is 1.33. The molecule has 0 spiro atoms. The maximum Gasteiger partial charge on any atom is 0.123 e.